The maximum Gasteiger partial charge on any atom is 0.0725 e. The van der Waals surface area contributed by atoms with Gasteiger partial charge in [-0.05, 0) is 258 Å². The number of hydrogen-bond donors (Lipinski definition) is 0. The van der Waals surface area contributed by atoms with E-state index in [2.05, 4.69) is 412 Å². The lowest BCUT2D eigenvalue weighted by Gasteiger charge is -2.42. The van der Waals surface area contributed by atoms with Gasteiger partial charge in [0, 0.05) is 26.6 Å². The molecule has 0 saturated heterocycles. The predicted molar refractivity (Wildman–Crippen MR) is 457 cm³/mol. The SMILES string of the molecule is CC1(C)c2ccccc2N(c2cccc(-c3cccc(-c4cccc(-c5ccc6c(c5)Sc5cc(-c7ccc8c(c7)C7(c9ccccc9-c9ccccc97)c7ccccc7-8)ccc5N6c5ccc(-c6ccccc6)cc5)c4)c3)c2)c2ccc(-c3ccc4c(c3)C3(c5ccccc5-c5ccccc53)c3ccccc3-4)cc21. The smallest absolute Gasteiger partial charge is 0.0725 e. The van der Waals surface area contributed by atoms with Crippen LogP contribution in [0.4, 0.5) is 34.1 Å². The van der Waals surface area contributed by atoms with E-state index in [9.17, 15) is 0 Å². The molecule has 4 aliphatic carbocycles. The Morgan fingerprint density at radius 2 is 0.473 bits per heavy atom. The second-order valence-corrected chi connectivity index (χ2v) is 32.0. The minimum Gasteiger partial charge on any atom is -0.310 e. The molecule has 110 heavy (non-hydrogen) atoms. The molecule has 17 aromatic carbocycles. The molecule has 6 aliphatic rings. The Morgan fingerprint density at radius 3 is 0.918 bits per heavy atom. The van der Waals surface area contributed by atoms with E-state index < -0.39 is 10.8 Å². The minimum atomic E-state index is -0.423. The van der Waals surface area contributed by atoms with Gasteiger partial charge in [-0.15, -0.1) is 0 Å². The van der Waals surface area contributed by atoms with Gasteiger partial charge >= 0.3 is 0 Å². The average molecular weight is 1420 g/mol. The second-order valence-electron chi connectivity index (χ2n) is 30.9. The number of rotatable bonds is 8. The van der Waals surface area contributed by atoms with E-state index >= 15 is 0 Å². The summed E-state index contributed by atoms with van der Waals surface area (Å²) in [5.41, 5.74) is 44.1. The summed E-state index contributed by atoms with van der Waals surface area (Å²) in [5.74, 6) is 0. The highest BCUT2D eigenvalue weighted by Crippen LogP contribution is 2.66. The highest BCUT2D eigenvalue weighted by atomic mass is 32.2. The molecule has 0 saturated carbocycles. The van der Waals surface area contributed by atoms with Crippen LogP contribution in [-0.2, 0) is 16.2 Å². The second kappa shape index (κ2) is 23.8. The number of fused-ring (bicyclic) bond motifs is 24. The van der Waals surface area contributed by atoms with Crippen LogP contribution in [-0.4, -0.2) is 0 Å². The number of benzene rings is 17. The van der Waals surface area contributed by atoms with Gasteiger partial charge in [-0.25, -0.2) is 0 Å². The molecule has 0 aromatic heterocycles. The first-order chi connectivity index (χ1) is 54.3. The molecule has 2 nitrogen and oxygen atoms in total. The largest absolute Gasteiger partial charge is 0.310 e. The first-order valence-electron chi connectivity index (χ1n) is 38.4. The molecular formula is C107H70N2S. The van der Waals surface area contributed by atoms with Crippen LogP contribution in [0.3, 0.4) is 0 Å². The van der Waals surface area contributed by atoms with Gasteiger partial charge in [0.1, 0.15) is 0 Å². The summed E-state index contributed by atoms with van der Waals surface area (Å²) in [4.78, 5) is 7.39. The fourth-order valence-corrected chi connectivity index (χ4v) is 21.3. The third-order valence-corrected chi connectivity index (χ3v) is 26.2. The van der Waals surface area contributed by atoms with Gasteiger partial charge in [0.15, 0.2) is 0 Å². The van der Waals surface area contributed by atoms with Crippen molar-refractivity contribution in [2.45, 2.75) is 39.9 Å². The molecule has 0 atom stereocenters. The van der Waals surface area contributed by atoms with Crippen LogP contribution in [0, 0.1) is 0 Å². The fourth-order valence-electron chi connectivity index (χ4n) is 20.2. The number of para-hydroxylation sites is 1. The molecule has 2 heterocycles. The molecule has 2 aliphatic heterocycles. The summed E-state index contributed by atoms with van der Waals surface area (Å²) in [6, 6.07) is 147. The van der Waals surface area contributed by atoms with Crippen LogP contribution in [0.1, 0.15) is 69.5 Å². The van der Waals surface area contributed by atoms with Gasteiger partial charge in [-0.2, -0.15) is 0 Å². The van der Waals surface area contributed by atoms with Crippen molar-refractivity contribution in [3.05, 3.63) is 444 Å². The van der Waals surface area contributed by atoms with Gasteiger partial charge in [0.2, 0.25) is 0 Å². The Bertz CT molecular complexity index is 6630. The van der Waals surface area contributed by atoms with Gasteiger partial charge in [0.05, 0.1) is 33.6 Å². The topological polar surface area (TPSA) is 6.48 Å². The van der Waals surface area contributed by atoms with Crippen LogP contribution < -0.4 is 9.80 Å². The van der Waals surface area contributed by atoms with E-state index in [1.807, 2.05) is 11.8 Å². The molecule has 0 N–H and O–H groups in total. The molecule has 3 heteroatoms. The summed E-state index contributed by atoms with van der Waals surface area (Å²) >= 11 is 1.87. The van der Waals surface area contributed by atoms with Crippen LogP contribution in [0.25, 0.3) is 111 Å². The Hall–Kier alpha value is -13.3. The van der Waals surface area contributed by atoms with E-state index in [4.69, 9.17) is 0 Å². The Morgan fingerprint density at radius 1 is 0.182 bits per heavy atom. The van der Waals surface area contributed by atoms with Crippen LogP contribution in [0.2, 0.25) is 0 Å². The normalized spacial score (nSPS) is 14.4. The van der Waals surface area contributed by atoms with Crippen molar-refractivity contribution in [3.8, 4) is 111 Å². The standard InChI is InChI=1S/C107H70N2S/c1-105(2)95-43-18-19-44-99(95)109(100-56-49-76(64-98(100)105)74-47-54-87-85-35-10-16-41-93(85)106(96(87)62-74)89-37-12-6-31-81(89)82-32-7-13-38-90(82)106)80-30-22-29-73(61-80)71-27-20-25-69(59-71)70-26-21-28-72(60-70)77-50-57-101-103(65-77)110-104-66-78(51-58-102(104)108(101)79-52-45-68(46-53-79)67-23-4-3-5-24-67)75-48-55-88-86-36-11-17-42-94(86)107(97(88)63-75)91-39-14-8-33-83(91)84-34-9-15-40-92(84)107/h3-66H,1-2H3. The summed E-state index contributed by atoms with van der Waals surface area (Å²) in [7, 11) is 0. The van der Waals surface area contributed by atoms with Crippen molar-refractivity contribution in [2.75, 3.05) is 9.80 Å². The van der Waals surface area contributed by atoms with Crippen LogP contribution in [0.15, 0.2) is 398 Å². The lowest BCUT2D eigenvalue weighted by molar-refractivity contribution is 0.632. The number of hydrogen-bond acceptors (Lipinski definition) is 3. The summed E-state index contributed by atoms with van der Waals surface area (Å²) < 4.78 is 0. The molecule has 17 aromatic rings. The molecular weight excluding hydrogens is 1350 g/mol. The fraction of sp³-hybridized carbons (Fsp3) is 0.0467. The lowest BCUT2D eigenvalue weighted by Crippen LogP contribution is -2.30. The highest BCUT2D eigenvalue weighted by Gasteiger charge is 2.53. The number of anilines is 6. The van der Waals surface area contributed by atoms with Gasteiger partial charge in [-0.1, -0.05) is 323 Å². The van der Waals surface area contributed by atoms with Crippen molar-refractivity contribution >= 4 is 45.9 Å². The zero-order valence-electron chi connectivity index (χ0n) is 60.8. The van der Waals surface area contributed by atoms with Crippen LogP contribution in [0.5, 0.6) is 0 Å². The lowest BCUT2D eigenvalue weighted by atomic mass is 9.70. The third-order valence-electron chi connectivity index (χ3n) is 25.1. The molecule has 514 valence electrons. The van der Waals surface area contributed by atoms with E-state index in [0.29, 0.717) is 0 Å². The van der Waals surface area contributed by atoms with Crippen LogP contribution >= 0.6 is 11.8 Å². The molecule has 0 fully saturated rings. The van der Waals surface area contributed by atoms with E-state index in [0.717, 1.165) is 22.6 Å². The molecule has 0 radical (unpaired) electrons. The van der Waals surface area contributed by atoms with Crippen molar-refractivity contribution in [3.63, 3.8) is 0 Å². The molecule has 0 amide bonds. The maximum atomic E-state index is 2.52. The third kappa shape index (κ3) is 8.95. The first kappa shape index (κ1) is 62.8. The van der Waals surface area contributed by atoms with E-state index in [1.54, 1.807) is 0 Å². The number of nitrogens with zero attached hydrogens (tertiary/aromatic N) is 2. The maximum absolute atomic E-state index is 2.52. The molecule has 23 rings (SSSR count). The van der Waals surface area contributed by atoms with E-state index in [1.165, 1.54) is 188 Å². The Labute approximate surface area is 646 Å². The predicted octanol–water partition coefficient (Wildman–Crippen LogP) is 28.4. The Kier molecular flexibility index (Phi) is 13.6. The minimum absolute atomic E-state index is 0.290. The van der Waals surface area contributed by atoms with Gasteiger partial charge < -0.3 is 9.80 Å². The monoisotopic (exact) mass is 1410 g/mol. The Balaban J connectivity index is 0.581. The zero-order valence-corrected chi connectivity index (χ0v) is 61.6. The van der Waals surface area contributed by atoms with Crippen molar-refractivity contribution in [1.29, 1.82) is 0 Å². The van der Waals surface area contributed by atoms with Crippen molar-refractivity contribution in [1.82, 2.24) is 0 Å². The molecule has 0 unspecified atom stereocenters. The van der Waals surface area contributed by atoms with Gasteiger partial charge in [0.25, 0.3) is 0 Å². The quantitative estimate of drug-likeness (QED) is 0.150. The van der Waals surface area contributed by atoms with E-state index in [-0.39, 0.29) is 5.41 Å². The summed E-state index contributed by atoms with van der Waals surface area (Å²) in [6.07, 6.45) is 0. The zero-order chi connectivity index (χ0) is 72.6. The molecule has 2 spiro atoms. The van der Waals surface area contributed by atoms with Gasteiger partial charge in [-0.3, -0.25) is 0 Å². The van der Waals surface area contributed by atoms with Crippen molar-refractivity contribution < 1.29 is 0 Å². The highest BCUT2D eigenvalue weighted by molar-refractivity contribution is 7.99. The summed E-state index contributed by atoms with van der Waals surface area (Å²) in [6.45, 7) is 4.81. The summed E-state index contributed by atoms with van der Waals surface area (Å²) in [5, 5.41) is 0. The average Bonchev–Trinajstić information content (AvgIpc) is 1.52. The van der Waals surface area contributed by atoms with Crippen molar-refractivity contribution in [2.24, 2.45) is 0 Å². The first-order valence-corrected chi connectivity index (χ1v) is 39.2. The molecule has 0 bridgehead atoms.